The number of nitrogens with zero attached hydrogens (tertiary/aromatic N) is 1. The predicted molar refractivity (Wildman–Crippen MR) is 86.0 cm³/mol. The Balaban J connectivity index is 2.46. The van der Waals surface area contributed by atoms with Crippen LogP contribution in [-0.2, 0) is 4.79 Å². The van der Waals surface area contributed by atoms with Gasteiger partial charge in [0.1, 0.15) is 5.75 Å². The molecule has 7 heteroatoms. The molecule has 2 amide bonds. The highest BCUT2D eigenvalue weighted by molar-refractivity contribution is 8.18. The van der Waals surface area contributed by atoms with Crippen LogP contribution in [0.5, 0.6) is 5.75 Å². The number of thioether (sulfide) groups is 1. The maximum atomic E-state index is 12.2. The van der Waals surface area contributed by atoms with Crippen LogP contribution in [-0.4, -0.2) is 29.2 Å². The number of amides is 2. The number of carbonyl (C=O) groups excluding carboxylic acids is 2. The molecule has 21 heavy (non-hydrogen) atoms. The Morgan fingerprint density at radius 3 is 2.48 bits per heavy atom. The first-order chi connectivity index (χ1) is 9.85. The second kappa shape index (κ2) is 6.30. The van der Waals surface area contributed by atoms with E-state index in [9.17, 15) is 9.59 Å². The molecule has 4 nitrogen and oxygen atoms in total. The zero-order valence-electron chi connectivity index (χ0n) is 11.6. The lowest BCUT2D eigenvalue weighted by Gasteiger charge is -2.16. The SMILES string of the molecule is COc1c(Cl)cc(Cl)cc1/C=C1\SC(=O)N(C(C)C)C1=O. The van der Waals surface area contributed by atoms with Gasteiger partial charge in [-0.25, -0.2) is 0 Å². The molecule has 0 saturated carbocycles. The molecular formula is C14H13Cl2NO3S. The summed E-state index contributed by atoms with van der Waals surface area (Å²) in [6.45, 7) is 3.58. The quantitative estimate of drug-likeness (QED) is 0.759. The highest BCUT2D eigenvalue weighted by atomic mass is 35.5. The zero-order chi connectivity index (χ0) is 15.7. The number of benzene rings is 1. The average Bonchev–Trinajstić information content (AvgIpc) is 2.63. The van der Waals surface area contributed by atoms with Crippen LogP contribution >= 0.6 is 35.0 Å². The maximum Gasteiger partial charge on any atom is 0.293 e. The molecule has 1 aromatic carbocycles. The van der Waals surface area contributed by atoms with Crippen molar-refractivity contribution in [1.82, 2.24) is 4.90 Å². The second-order valence-corrected chi connectivity index (χ2v) is 6.49. The fourth-order valence-electron chi connectivity index (χ4n) is 1.97. The molecule has 1 fully saturated rings. The largest absolute Gasteiger partial charge is 0.495 e. The van der Waals surface area contributed by atoms with E-state index in [-0.39, 0.29) is 17.2 Å². The van der Waals surface area contributed by atoms with Crippen LogP contribution < -0.4 is 4.74 Å². The monoisotopic (exact) mass is 345 g/mol. The third-order valence-electron chi connectivity index (χ3n) is 2.87. The van der Waals surface area contributed by atoms with Crippen molar-refractivity contribution < 1.29 is 14.3 Å². The van der Waals surface area contributed by atoms with Crippen molar-refractivity contribution in [2.24, 2.45) is 0 Å². The van der Waals surface area contributed by atoms with E-state index in [4.69, 9.17) is 27.9 Å². The standard InChI is InChI=1S/C14H13Cl2NO3S/c1-7(2)17-13(18)11(21-14(17)19)5-8-4-9(15)6-10(16)12(8)20-3/h4-7H,1-3H3/b11-5-. The van der Waals surface area contributed by atoms with E-state index in [2.05, 4.69) is 0 Å². The molecule has 0 bridgehead atoms. The van der Waals surface area contributed by atoms with Gasteiger partial charge in [0.15, 0.2) is 0 Å². The van der Waals surface area contributed by atoms with Crippen LogP contribution in [0.1, 0.15) is 19.4 Å². The van der Waals surface area contributed by atoms with Gasteiger partial charge >= 0.3 is 0 Å². The third-order valence-corrected chi connectivity index (χ3v) is 4.25. The minimum Gasteiger partial charge on any atom is -0.495 e. The summed E-state index contributed by atoms with van der Waals surface area (Å²) in [6.07, 6.45) is 1.57. The molecule has 1 aliphatic rings. The maximum absolute atomic E-state index is 12.2. The molecular weight excluding hydrogens is 333 g/mol. The van der Waals surface area contributed by atoms with Crippen LogP contribution in [0, 0.1) is 0 Å². The van der Waals surface area contributed by atoms with Crippen LogP contribution in [0.2, 0.25) is 10.0 Å². The number of rotatable bonds is 3. The molecule has 1 aliphatic heterocycles. The second-order valence-electron chi connectivity index (χ2n) is 4.66. The van der Waals surface area contributed by atoms with Crippen molar-refractivity contribution >= 4 is 52.2 Å². The number of hydrogen-bond donors (Lipinski definition) is 0. The van der Waals surface area contributed by atoms with E-state index in [1.807, 2.05) is 0 Å². The summed E-state index contributed by atoms with van der Waals surface area (Å²) in [7, 11) is 1.48. The van der Waals surface area contributed by atoms with Gasteiger partial charge in [-0.15, -0.1) is 0 Å². The van der Waals surface area contributed by atoms with Gasteiger partial charge in [-0.3, -0.25) is 14.5 Å². The summed E-state index contributed by atoms with van der Waals surface area (Å²) in [5.74, 6) is 0.0931. The summed E-state index contributed by atoms with van der Waals surface area (Å²) < 4.78 is 5.22. The average molecular weight is 346 g/mol. The summed E-state index contributed by atoms with van der Waals surface area (Å²) >= 11 is 12.9. The minimum atomic E-state index is -0.321. The topological polar surface area (TPSA) is 46.6 Å². The predicted octanol–water partition coefficient (Wildman–Crippen LogP) is 4.45. The van der Waals surface area contributed by atoms with Crippen molar-refractivity contribution in [3.63, 3.8) is 0 Å². The summed E-state index contributed by atoms with van der Waals surface area (Å²) in [6, 6.07) is 3.00. The summed E-state index contributed by atoms with van der Waals surface area (Å²) in [5, 5.41) is 0.489. The Morgan fingerprint density at radius 2 is 1.95 bits per heavy atom. The van der Waals surface area contributed by atoms with E-state index >= 15 is 0 Å². The smallest absolute Gasteiger partial charge is 0.293 e. The van der Waals surface area contributed by atoms with Gasteiger partial charge in [-0.1, -0.05) is 23.2 Å². The van der Waals surface area contributed by atoms with E-state index in [0.717, 1.165) is 11.8 Å². The highest BCUT2D eigenvalue weighted by Gasteiger charge is 2.36. The van der Waals surface area contributed by atoms with E-state index in [1.54, 1.807) is 32.1 Å². The lowest BCUT2D eigenvalue weighted by molar-refractivity contribution is -0.123. The van der Waals surface area contributed by atoms with E-state index in [1.165, 1.54) is 12.0 Å². The van der Waals surface area contributed by atoms with E-state index < -0.39 is 0 Å². The molecule has 0 atom stereocenters. The van der Waals surface area contributed by atoms with Crippen LogP contribution in [0.3, 0.4) is 0 Å². The Hall–Kier alpha value is -1.17. The van der Waals surface area contributed by atoms with Crippen LogP contribution in [0.4, 0.5) is 4.79 Å². The van der Waals surface area contributed by atoms with Crippen LogP contribution in [0.25, 0.3) is 6.08 Å². The first-order valence-corrected chi connectivity index (χ1v) is 7.72. The molecule has 2 rings (SSSR count). The molecule has 0 unspecified atom stereocenters. The minimum absolute atomic E-state index is 0.187. The van der Waals surface area contributed by atoms with Gasteiger partial charge < -0.3 is 4.74 Å². The summed E-state index contributed by atoms with van der Waals surface area (Å²) in [4.78, 5) is 25.6. The Labute approximate surface area is 137 Å². The van der Waals surface area contributed by atoms with Crippen molar-refractivity contribution in [3.8, 4) is 5.75 Å². The Kier molecular flexibility index (Phi) is 4.86. The van der Waals surface area contributed by atoms with Crippen molar-refractivity contribution in [2.75, 3.05) is 7.11 Å². The molecule has 0 N–H and O–H groups in total. The molecule has 0 aromatic heterocycles. The lowest BCUT2D eigenvalue weighted by Crippen LogP contribution is -2.34. The highest BCUT2D eigenvalue weighted by Crippen LogP contribution is 2.38. The number of carbonyl (C=O) groups is 2. The first-order valence-electron chi connectivity index (χ1n) is 6.15. The number of ether oxygens (including phenoxy) is 1. The fraction of sp³-hybridized carbons (Fsp3) is 0.286. The normalized spacial score (nSPS) is 17.2. The third kappa shape index (κ3) is 3.20. The van der Waals surface area contributed by atoms with E-state index in [0.29, 0.717) is 26.3 Å². The van der Waals surface area contributed by atoms with Gasteiger partial charge in [0.25, 0.3) is 11.1 Å². The zero-order valence-corrected chi connectivity index (χ0v) is 14.0. The molecule has 1 aromatic rings. The number of imide groups is 1. The lowest BCUT2D eigenvalue weighted by atomic mass is 10.1. The molecule has 1 saturated heterocycles. The van der Waals surface area contributed by atoms with Crippen molar-refractivity contribution in [2.45, 2.75) is 19.9 Å². The molecule has 1 heterocycles. The number of halogens is 2. The van der Waals surface area contributed by atoms with Crippen LogP contribution in [0.15, 0.2) is 17.0 Å². The Bertz CT molecular complexity index is 643. The summed E-state index contributed by atoms with van der Waals surface area (Å²) in [5.41, 5.74) is 0.559. The van der Waals surface area contributed by atoms with Gasteiger partial charge in [0, 0.05) is 16.6 Å². The van der Waals surface area contributed by atoms with Gasteiger partial charge in [-0.2, -0.15) is 0 Å². The van der Waals surface area contributed by atoms with Gasteiger partial charge in [0.2, 0.25) is 0 Å². The number of hydrogen-bond acceptors (Lipinski definition) is 4. The first kappa shape index (κ1) is 16.2. The fourth-order valence-corrected chi connectivity index (χ4v) is 3.51. The molecule has 112 valence electrons. The van der Waals surface area contributed by atoms with Gasteiger partial charge in [-0.05, 0) is 43.8 Å². The molecule has 0 radical (unpaired) electrons. The van der Waals surface area contributed by atoms with Crippen molar-refractivity contribution in [3.05, 3.63) is 32.6 Å². The van der Waals surface area contributed by atoms with Gasteiger partial charge in [0.05, 0.1) is 17.0 Å². The Morgan fingerprint density at radius 1 is 1.29 bits per heavy atom. The molecule has 0 spiro atoms. The number of methoxy groups -OCH3 is 1. The van der Waals surface area contributed by atoms with Crippen molar-refractivity contribution in [1.29, 1.82) is 0 Å². The molecule has 0 aliphatic carbocycles.